The van der Waals surface area contributed by atoms with Crippen molar-refractivity contribution in [3.63, 3.8) is 0 Å². The lowest BCUT2D eigenvalue weighted by Crippen LogP contribution is -2.29. The van der Waals surface area contributed by atoms with Crippen LogP contribution in [0.4, 0.5) is 0 Å². The third kappa shape index (κ3) is 4.45. The Kier molecular flexibility index (Phi) is 4.43. The molecule has 2 unspecified atom stereocenters. The van der Waals surface area contributed by atoms with Crippen molar-refractivity contribution in [2.24, 2.45) is 11.3 Å². The van der Waals surface area contributed by atoms with Crippen molar-refractivity contribution in [1.29, 1.82) is 0 Å². The van der Waals surface area contributed by atoms with Crippen molar-refractivity contribution in [1.82, 2.24) is 5.32 Å². The number of rotatable bonds is 4. The molecule has 1 heteroatoms. The average molecular weight is 197 g/mol. The third-order valence-corrected chi connectivity index (χ3v) is 3.43. The molecule has 84 valence electrons. The van der Waals surface area contributed by atoms with E-state index in [1.807, 2.05) is 0 Å². The highest BCUT2D eigenvalue weighted by atomic mass is 14.9. The fraction of sp³-hybridized carbons (Fsp3) is 1.00. The molecule has 1 aliphatic carbocycles. The highest BCUT2D eigenvalue weighted by Gasteiger charge is 2.22. The van der Waals surface area contributed by atoms with Crippen molar-refractivity contribution in [3.8, 4) is 0 Å². The summed E-state index contributed by atoms with van der Waals surface area (Å²) in [6.07, 6.45) is 6.94. The van der Waals surface area contributed by atoms with Crippen LogP contribution in [0.25, 0.3) is 0 Å². The van der Waals surface area contributed by atoms with Crippen molar-refractivity contribution < 1.29 is 0 Å². The molecule has 14 heavy (non-hydrogen) atoms. The van der Waals surface area contributed by atoms with Crippen LogP contribution in [-0.4, -0.2) is 12.6 Å². The highest BCUT2D eigenvalue weighted by molar-refractivity contribution is 4.80. The Balaban J connectivity index is 2.09. The third-order valence-electron chi connectivity index (χ3n) is 3.43. The van der Waals surface area contributed by atoms with Crippen LogP contribution in [0.1, 0.15) is 59.8 Å². The Morgan fingerprint density at radius 3 is 2.43 bits per heavy atom. The molecule has 1 rings (SSSR count). The molecule has 1 N–H and O–H groups in total. The lowest BCUT2D eigenvalue weighted by atomic mass is 9.92. The fourth-order valence-electron chi connectivity index (χ4n) is 2.28. The number of hydrogen-bond acceptors (Lipinski definition) is 1. The lowest BCUT2D eigenvalue weighted by Gasteiger charge is -2.20. The number of nitrogens with one attached hydrogen (secondary N) is 1. The van der Waals surface area contributed by atoms with Crippen molar-refractivity contribution in [2.75, 3.05) is 6.54 Å². The molecule has 2 atom stereocenters. The second-order valence-corrected chi connectivity index (χ2v) is 6.05. The first-order valence-corrected chi connectivity index (χ1v) is 6.24. The largest absolute Gasteiger partial charge is 0.314 e. The zero-order chi connectivity index (χ0) is 10.6. The average Bonchev–Trinajstić information content (AvgIpc) is 2.50. The van der Waals surface area contributed by atoms with Crippen molar-refractivity contribution in [2.45, 2.75) is 65.8 Å². The quantitative estimate of drug-likeness (QED) is 0.726. The Bertz CT molecular complexity index is 157. The first-order chi connectivity index (χ1) is 6.51. The molecule has 1 aliphatic rings. The molecule has 1 saturated carbocycles. The lowest BCUT2D eigenvalue weighted by molar-refractivity contribution is 0.351. The van der Waals surface area contributed by atoms with Gasteiger partial charge in [-0.2, -0.15) is 0 Å². The van der Waals surface area contributed by atoms with E-state index in [2.05, 4.69) is 33.0 Å². The maximum atomic E-state index is 3.70. The predicted octanol–water partition coefficient (Wildman–Crippen LogP) is 3.59. The van der Waals surface area contributed by atoms with Gasteiger partial charge in [-0.05, 0) is 43.6 Å². The summed E-state index contributed by atoms with van der Waals surface area (Å²) in [5, 5.41) is 3.70. The van der Waals surface area contributed by atoms with Crippen LogP contribution in [0.5, 0.6) is 0 Å². The molecule has 0 saturated heterocycles. The van der Waals surface area contributed by atoms with Gasteiger partial charge in [0.1, 0.15) is 0 Å². The summed E-state index contributed by atoms with van der Waals surface area (Å²) in [4.78, 5) is 0. The molecule has 0 heterocycles. The fourth-order valence-corrected chi connectivity index (χ4v) is 2.28. The molecule has 0 aliphatic heterocycles. The minimum absolute atomic E-state index is 0.482. The van der Waals surface area contributed by atoms with Gasteiger partial charge in [-0.15, -0.1) is 0 Å². The Morgan fingerprint density at radius 2 is 1.93 bits per heavy atom. The summed E-state index contributed by atoms with van der Waals surface area (Å²) in [6.45, 7) is 10.5. The van der Waals surface area contributed by atoms with Crippen LogP contribution in [0, 0.1) is 11.3 Å². The smallest absolute Gasteiger partial charge is 0.00698 e. The Labute approximate surface area is 89.7 Å². The van der Waals surface area contributed by atoms with Gasteiger partial charge in [0.25, 0.3) is 0 Å². The summed E-state index contributed by atoms with van der Waals surface area (Å²) in [6, 6.07) is 0.822. The van der Waals surface area contributed by atoms with E-state index in [9.17, 15) is 0 Å². The second kappa shape index (κ2) is 5.16. The van der Waals surface area contributed by atoms with E-state index in [0.717, 1.165) is 12.0 Å². The molecule has 1 nitrogen and oxygen atoms in total. The summed E-state index contributed by atoms with van der Waals surface area (Å²) < 4.78 is 0. The summed E-state index contributed by atoms with van der Waals surface area (Å²) in [5.41, 5.74) is 0.482. The van der Waals surface area contributed by atoms with E-state index in [-0.39, 0.29) is 0 Å². The van der Waals surface area contributed by atoms with Crippen LogP contribution in [-0.2, 0) is 0 Å². The van der Waals surface area contributed by atoms with E-state index in [0.29, 0.717) is 5.41 Å². The molecule has 0 spiro atoms. The minimum atomic E-state index is 0.482. The van der Waals surface area contributed by atoms with Gasteiger partial charge < -0.3 is 5.32 Å². The van der Waals surface area contributed by atoms with Crippen LogP contribution in [0.3, 0.4) is 0 Å². The molecule has 1 fully saturated rings. The van der Waals surface area contributed by atoms with Crippen LogP contribution < -0.4 is 5.32 Å². The first-order valence-electron chi connectivity index (χ1n) is 6.24. The topological polar surface area (TPSA) is 12.0 Å². The number of hydrogen-bond donors (Lipinski definition) is 1. The van der Waals surface area contributed by atoms with Gasteiger partial charge in [0.15, 0.2) is 0 Å². The SMILES string of the molecule is CCC1CCC(NCCC(C)(C)C)C1. The van der Waals surface area contributed by atoms with E-state index < -0.39 is 0 Å². The molecule has 0 bridgehead atoms. The van der Waals surface area contributed by atoms with Crippen LogP contribution in [0.15, 0.2) is 0 Å². The van der Waals surface area contributed by atoms with Crippen LogP contribution in [0.2, 0.25) is 0 Å². The molecule has 0 amide bonds. The van der Waals surface area contributed by atoms with Gasteiger partial charge in [0, 0.05) is 6.04 Å². The van der Waals surface area contributed by atoms with Gasteiger partial charge in [0.2, 0.25) is 0 Å². The van der Waals surface area contributed by atoms with Gasteiger partial charge >= 0.3 is 0 Å². The molecule has 0 aromatic carbocycles. The van der Waals surface area contributed by atoms with Gasteiger partial charge in [-0.25, -0.2) is 0 Å². The van der Waals surface area contributed by atoms with Crippen molar-refractivity contribution >= 4 is 0 Å². The van der Waals surface area contributed by atoms with E-state index >= 15 is 0 Å². The zero-order valence-corrected chi connectivity index (χ0v) is 10.4. The molecular formula is C13H27N. The highest BCUT2D eigenvalue weighted by Crippen LogP contribution is 2.28. The second-order valence-electron chi connectivity index (χ2n) is 6.05. The van der Waals surface area contributed by atoms with E-state index in [1.54, 1.807) is 0 Å². The summed E-state index contributed by atoms with van der Waals surface area (Å²) in [5.74, 6) is 1.00. The van der Waals surface area contributed by atoms with Gasteiger partial charge in [-0.3, -0.25) is 0 Å². The summed E-state index contributed by atoms with van der Waals surface area (Å²) >= 11 is 0. The Hall–Kier alpha value is -0.0400. The standard InChI is InChI=1S/C13H27N/c1-5-11-6-7-12(10-11)14-9-8-13(2,3)4/h11-12,14H,5-10H2,1-4H3. The van der Waals surface area contributed by atoms with E-state index in [1.165, 1.54) is 38.6 Å². The van der Waals surface area contributed by atoms with Crippen LogP contribution >= 0.6 is 0 Å². The summed E-state index contributed by atoms with van der Waals surface area (Å²) in [7, 11) is 0. The maximum absolute atomic E-state index is 3.70. The monoisotopic (exact) mass is 197 g/mol. The van der Waals surface area contributed by atoms with Crippen molar-refractivity contribution in [3.05, 3.63) is 0 Å². The Morgan fingerprint density at radius 1 is 1.21 bits per heavy atom. The zero-order valence-electron chi connectivity index (χ0n) is 10.4. The normalized spacial score (nSPS) is 28.3. The predicted molar refractivity (Wildman–Crippen MR) is 63.5 cm³/mol. The molecular weight excluding hydrogens is 170 g/mol. The minimum Gasteiger partial charge on any atom is -0.314 e. The molecule has 0 aromatic rings. The molecule has 0 radical (unpaired) electrons. The first kappa shape index (κ1) is 12.0. The molecule has 0 aromatic heterocycles. The maximum Gasteiger partial charge on any atom is 0.00698 e. The van der Waals surface area contributed by atoms with E-state index in [4.69, 9.17) is 0 Å². The van der Waals surface area contributed by atoms with Gasteiger partial charge in [0.05, 0.1) is 0 Å². The van der Waals surface area contributed by atoms with Gasteiger partial charge in [-0.1, -0.05) is 34.1 Å².